The van der Waals surface area contributed by atoms with E-state index in [0.717, 1.165) is 16.1 Å². The number of hydrogen-bond acceptors (Lipinski definition) is 5. The zero-order valence-electron chi connectivity index (χ0n) is 15.7. The molecular formula is C22H22N2O3S. The summed E-state index contributed by atoms with van der Waals surface area (Å²) in [6.45, 7) is 2.70. The third-order valence-electron chi connectivity index (χ3n) is 4.21. The predicted molar refractivity (Wildman–Crippen MR) is 110 cm³/mol. The third-order valence-corrected chi connectivity index (χ3v) is 5.15. The first kappa shape index (κ1) is 19.8. The van der Waals surface area contributed by atoms with E-state index in [9.17, 15) is 9.59 Å². The van der Waals surface area contributed by atoms with Crippen LogP contribution in [0.15, 0.2) is 66.0 Å². The average molecular weight is 394 g/mol. The van der Waals surface area contributed by atoms with Crippen LogP contribution >= 0.6 is 11.3 Å². The van der Waals surface area contributed by atoms with Gasteiger partial charge in [-0.05, 0) is 12.5 Å². The van der Waals surface area contributed by atoms with Crippen molar-refractivity contribution in [1.82, 2.24) is 9.88 Å². The van der Waals surface area contributed by atoms with Crippen LogP contribution in [-0.2, 0) is 27.3 Å². The van der Waals surface area contributed by atoms with Gasteiger partial charge in [-0.15, -0.1) is 11.3 Å². The predicted octanol–water partition coefficient (Wildman–Crippen LogP) is 3.94. The van der Waals surface area contributed by atoms with Crippen molar-refractivity contribution in [2.45, 2.75) is 19.9 Å². The number of carbonyl (C=O) groups excluding carboxylic acids is 2. The van der Waals surface area contributed by atoms with E-state index in [2.05, 4.69) is 4.98 Å². The number of carbonyl (C=O) groups is 2. The maximum atomic E-state index is 12.4. The topological polar surface area (TPSA) is 59.5 Å². The van der Waals surface area contributed by atoms with E-state index in [1.54, 1.807) is 4.90 Å². The molecule has 0 radical (unpaired) electrons. The first-order valence-corrected chi connectivity index (χ1v) is 10.0. The van der Waals surface area contributed by atoms with Gasteiger partial charge in [0.15, 0.2) is 6.61 Å². The summed E-state index contributed by atoms with van der Waals surface area (Å²) < 4.78 is 5.18. The summed E-state index contributed by atoms with van der Waals surface area (Å²) in [7, 11) is 0. The molecule has 0 saturated heterocycles. The number of esters is 1. The number of likely N-dealkylation sites (N-methyl/N-ethyl adjacent to an activating group) is 1. The van der Waals surface area contributed by atoms with E-state index < -0.39 is 5.97 Å². The molecule has 2 aromatic carbocycles. The fraction of sp³-hybridized carbons (Fsp3) is 0.227. The molecule has 0 aliphatic heterocycles. The Balaban J connectivity index is 1.49. The summed E-state index contributed by atoms with van der Waals surface area (Å²) in [5, 5.41) is 2.71. The molecule has 0 N–H and O–H groups in total. The Bertz CT molecular complexity index is 910. The van der Waals surface area contributed by atoms with Gasteiger partial charge in [-0.3, -0.25) is 9.59 Å². The molecule has 1 aromatic heterocycles. The number of rotatable bonds is 8. The largest absolute Gasteiger partial charge is 0.455 e. The van der Waals surface area contributed by atoms with Crippen LogP contribution < -0.4 is 0 Å². The Hall–Kier alpha value is -2.99. The lowest BCUT2D eigenvalue weighted by molar-refractivity contribution is -0.151. The van der Waals surface area contributed by atoms with Crippen molar-refractivity contribution < 1.29 is 14.3 Å². The van der Waals surface area contributed by atoms with Crippen LogP contribution in [0.4, 0.5) is 0 Å². The maximum absolute atomic E-state index is 12.4. The molecule has 3 rings (SSSR count). The smallest absolute Gasteiger partial charge is 0.312 e. The van der Waals surface area contributed by atoms with E-state index >= 15 is 0 Å². The fourth-order valence-electron chi connectivity index (χ4n) is 2.71. The van der Waals surface area contributed by atoms with Crippen molar-refractivity contribution >= 4 is 23.2 Å². The SMILES string of the molecule is CCN(Cc1ccccc1)C(=O)COC(=O)Cc1csc(-c2ccccc2)n1. The van der Waals surface area contributed by atoms with Crippen molar-refractivity contribution in [3.8, 4) is 10.6 Å². The van der Waals surface area contributed by atoms with Crippen LogP contribution in [0.3, 0.4) is 0 Å². The van der Waals surface area contributed by atoms with Gasteiger partial charge in [0, 0.05) is 24.0 Å². The Kier molecular flexibility index (Phi) is 6.92. The number of amides is 1. The van der Waals surface area contributed by atoms with Crippen molar-refractivity contribution in [2.24, 2.45) is 0 Å². The second-order valence-electron chi connectivity index (χ2n) is 6.24. The lowest BCUT2D eigenvalue weighted by Crippen LogP contribution is -2.34. The summed E-state index contributed by atoms with van der Waals surface area (Å²) in [6, 6.07) is 19.5. The molecule has 0 aliphatic carbocycles. The summed E-state index contributed by atoms with van der Waals surface area (Å²) in [5.74, 6) is -0.656. The first-order chi connectivity index (χ1) is 13.7. The van der Waals surface area contributed by atoms with Gasteiger partial charge in [0.05, 0.1) is 12.1 Å². The Morgan fingerprint density at radius 3 is 2.39 bits per heavy atom. The number of thiazole rings is 1. The molecule has 0 fully saturated rings. The molecule has 28 heavy (non-hydrogen) atoms. The first-order valence-electron chi connectivity index (χ1n) is 9.13. The summed E-state index contributed by atoms with van der Waals surface area (Å²) in [6.07, 6.45) is 0.0570. The molecule has 3 aromatic rings. The van der Waals surface area contributed by atoms with E-state index in [-0.39, 0.29) is 18.9 Å². The lowest BCUT2D eigenvalue weighted by Gasteiger charge is -2.20. The highest BCUT2D eigenvalue weighted by Crippen LogP contribution is 2.23. The highest BCUT2D eigenvalue weighted by molar-refractivity contribution is 7.13. The number of ether oxygens (including phenoxy) is 1. The standard InChI is InChI=1S/C22H22N2O3S/c1-2-24(14-17-9-5-3-6-10-17)20(25)15-27-21(26)13-19-16-28-22(23-19)18-11-7-4-8-12-18/h3-12,16H,2,13-15H2,1H3. The zero-order valence-corrected chi connectivity index (χ0v) is 16.5. The van der Waals surface area contributed by atoms with E-state index in [1.807, 2.05) is 73.0 Å². The van der Waals surface area contributed by atoms with E-state index in [1.165, 1.54) is 11.3 Å². The summed E-state index contributed by atoms with van der Waals surface area (Å²) >= 11 is 1.48. The van der Waals surface area contributed by atoms with Crippen LogP contribution in [0.5, 0.6) is 0 Å². The third kappa shape index (κ3) is 5.50. The van der Waals surface area contributed by atoms with Gasteiger partial charge < -0.3 is 9.64 Å². The fourth-order valence-corrected chi connectivity index (χ4v) is 3.54. The van der Waals surface area contributed by atoms with Crippen molar-refractivity contribution in [2.75, 3.05) is 13.2 Å². The molecule has 1 amide bonds. The van der Waals surface area contributed by atoms with E-state index in [4.69, 9.17) is 4.74 Å². The highest BCUT2D eigenvalue weighted by atomic mass is 32.1. The normalized spacial score (nSPS) is 10.5. The second-order valence-corrected chi connectivity index (χ2v) is 7.10. The highest BCUT2D eigenvalue weighted by Gasteiger charge is 2.16. The molecule has 1 heterocycles. The number of aromatic nitrogens is 1. The molecule has 6 heteroatoms. The molecule has 0 aliphatic rings. The van der Waals surface area contributed by atoms with Gasteiger partial charge in [-0.1, -0.05) is 60.7 Å². The lowest BCUT2D eigenvalue weighted by atomic mass is 10.2. The summed E-state index contributed by atoms with van der Waals surface area (Å²) in [5.41, 5.74) is 2.71. The molecule has 0 spiro atoms. The van der Waals surface area contributed by atoms with Gasteiger partial charge in [-0.2, -0.15) is 0 Å². The number of nitrogens with zero attached hydrogens (tertiary/aromatic N) is 2. The Labute approximate surface area is 168 Å². The van der Waals surface area contributed by atoms with Crippen LogP contribution in [0.25, 0.3) is 10.6 Å². The quantitative estimate of drug-likeness (QED) is 0.543. The molecule has 0 atom stereocenters. The second kappa shape index (κ2) is 9.80. The minimum atomic E-state index is -0.450. The Morgan fingerprint density at radius 2 is 1.71 bits per heavy atom. The van der Waals surface area contributed by atoms with Crippen molar-refractivity contribution in [1.29, 1.82) is 0 Å². The van der Waals surface area contributed by atoms with Gasteiger partial charge in [-0.25, -0.2) is 4.98 Å². The molecule has 0 unspecified atom stereocenters. The van der Waals surface area contributed by atoms with Gasteiger partial charge in [0.1, 0.15) is 5.01 Å². The average Bonchev–Trinajstić information content (AvgIpc) is 3.20. The zero-order chi connectivity index (χ0) is 19.8. The molecule has 5 nitrogen and oxygen atoms in total. The molecular weight excluding hydrogens is 372 g/mol. The molecule has 0 saturated carbocycles. The molecule has 0 bridgehead atoms. The Morgan fingerprint density at radius 1 is 1.04 bits per heavy atom. The number of hydrogen-bond donors (Lipinski definition) is 0. The van der Waals surface area contributed by atoms with Gasteiger partial charge >= 0.3 is 5.97 Å². The minimum absolute atomic E-state index is 0.0570. The molecule has 144 valence electrons. The monoisotopic (exact) mass is 394 g/mol. The summed E-state index contributed by atoms with van der Waals surface area (Å²) in [4.78, 5) is 30.6. The van der Waals surface area contributed by atoms with Crippen molar-refractivity contribution in [3.63, 3.8) is 0 Å². The van der Waals surface area contributed by atoms with Gasteiger partial charge in [0.2, 0.25) is 0 Å². The number of benzene rings is 2. The van der Waals surface area contributed by atoms with Gasteiger partial charge in [0.25, 0.3) is 5.91 Å². The van der Waals surface area contributed by atoms with Crippen LogP contribution in [0.1, 0.15) is 18.2 Å². The maximum Gasteiger partial charge on any atom is 0.312 e. The van der Waals surface area contributed by atoms with E-state index in [0.29, 0.717) is 18.8 Å². The van der Waals surface area contributed by atoms with Crippen LogP contribution in [0, 0.1) is 0 Å². The van der Waals surface area contributed by atoms with Crippen molar-refractivity contribution in [3.05, 3.63) is 77.3 Å². The van der Waals surface area contributed by atoms with Crippen LogP contribution in [0.2, 0.25) is 0 Å². The van der Waals surface area contributed by atoms with Crippen LogP contribution in [-0.4, -0.2) is 34.9 Å². The minimum Gasteiger partial charge on any atom is -0.455 e.